The van der Waals surface area contributed by atoms with E-state index in [9.17, 15) is 9.90 Å². The Morgan fingerprint density at radius 3 is 2.85 bits per heavy atom. The molecule has 5 heteroatoms. The Hall–Kier alpha value is -0.650. The maximum atomic E-state index is 10.6. The summed E-state index contributed by atoms with van der Waals surface area (Å²) in [7, 11) is 1.55. The predicted octanol–water partition coefficient (Wildman–Crippen LogP) is -0.328. The average molecular weight is 190 g/mol. The third-order valence-electron chi connectivity index (χ3n) is 1.92. The van der Waals surface area contributed by atoms with Crippen molar-refractivity contribution in [3.63, 3.8) is 0 Å². The summed E-state index contributed by atoms with van der Waals surface area (Å²) < 4.78 is 14.8. The highest BCUT2D eigenvalue weighted by molar-refractivity contribution is 5.66. The van der Waals surface area contributed by atoms with E-state index in [-0.39, 0.29) is 6.10 Å². The minimum atomic E-state index is -1.03. The Kier molecular flexibility index (Phi) is 3.65. The van der Waals surface area contributed by atoms with Gasteiger partial charge >= 0.3 is 5.97 Å². The van der Waals surface area contributed by atoms with E-state index >= 15 is 0 Å². The first-order valence-corrected chi connectivity index (χ1v) is 4.13. The highest BCUT2D eigenvalue weighted by atomic mass is 16.7. The van der Waals surface area contributed by atoms with Crippen LogP contribution >= 0.6 is 0 Å². The zero-order valence-electron chi connectivity index (χ0n) is 7.73. The first-order chi connectivity index (χ1) is 6.13. The number of rotatable bonds is 2. The number of aliphatic hydroxyl groups excluding tert-OH is 1. The van der Waals surface area contributed by atoms with Crippen molar-refractivity contribution in [3.8, 4) is 0 Å². The molecule has 1 fully saturated rings. The standard InChI is InChI=1S/C8H14O5/c1-5(9)13-7-3-6(11-2)4-12-8(7)10/h6-8,10H,3-4H2,1-2H3. The predicted molar refractivity (Wildman–Crippen MR) is 42.9 cm³/mol. The summed E-state index contributed by atoms with van der Waals surface area (Å²) in [5.74, 6) is -0.426. The highest BCUT2D eigenvalue weighted by Crippen LogP contribution is 2.17. The molecule has 3 atom stereocenters. The fourth-order valence-corrected chi connectivity index (χ4v) is 1.24. The molecule has 0 aliphatic carbocycles. The van der Waals surface area contributed by atoms with Crippen molar-refractivity contribution < 1.29 is 24.1 Å². The summed E-state index contributed by atoms with van der Waals surface area (Å²) in [6.45, 7) is 1.62. The van der Waals surface area contributed by atoms with Gasteiger partial charge in [0.2, 0.25) is 0 Å². The van der Waals surface area contributed by atoms with Crippen LogP contribution in [-0.2, 0) is 19.0 Å². The molecule has 5 nitrogen and oxygen atoms in total. The Labute approximate surface area is 76.6 Å². The van der Waals surface area contributed by atoms with Gasteiger partial charge in [0.1, 0.15) is 0 Å². The molecule has 0 spiro atoms. The number of hydrogen-bond acceptors (Lipinski definition) is 5. The van der Waals surface area contributed by atoms with Gasteiger partial charge in [0.15, 0.2) is 12.4 Å². The average Bonchev–Trinajstić information content (AvgIpc) is 2.08. The molecule has 0 aromatic heterocycles. The lowest BCUT2D eigenvalue weighted by molar-refractivity contribution is -0.227. The molecule has 13 heavy (non-hydrogen) atoms. The van der Waals surface area contributed by atoms with Gasteiger partial charge in [0, 0.05) is 20.5 Å². The summed E-state index contributed by atoms with van der Waals surface area (Å²) in [5.41, 5.74) is 0. The van der Waals surface area contributed by atoms with E-state index < -0.39 is 18.4 Å². The SMILES string of the molecule is COC1COC(O)C(OC(C)=O)C1. The van der Waals surface area contributed by atoms with Gasteiger partial charge in [-0.2, -0.15) is 0 Å². The monoisotopic (exact) mass is 190 g/mol. The molecule has 3 unspecified atom stereocenters. The molecule has 0 radical (unpaired) electrons. The Morgan fingerprint density at radius 2 is 2.31 bits per heavy atom. The van der Waals surface area contributed by atoms with Gasteiger partial charge in [0.25, 0.3) is 0 Å². The first-order valence-electron chi connectivity index (χ1n) is 4.13. The van der Waals surface area contributed by atoms with Crippen molar-refractivity contribution in [1.82, 2.24) is 0 Å². The van der Waals surface area contributed by atoms with Crippen molar-refractivity contribution in [2.45, 2.75) is 31.8 Å². The van der Waals surface area contributed by atoms with Crippen LogP contribution in [0.5, 0.6) is 0 Å². The second kappa shape index (κ2) is 4.55. The fourth-order valence-electron chi connectivity index (χ4n) is 1.24. The molecule has 76 valence electrons. The van der Waals surface area contributed by atoms with Crippen molar-refractivity contribution in [2.75, 3.05) is 13.7 Å². The number of methoxy groups -OCH3 is 1. The van der Waals surface area contributed by atoms with E-state index in [0.717, 1.165) is 0 Å². The van der Waals surface area contributed by atoms with E-state index in [0.29, 0.717) is 13.0 Å². The van der Waals surface area contributed by atoms with Gasteiger partial charge in [-0.3, -0.25) is 4.79 Å². The van der Waals surface area contributed by atoms with Crippen LogP contribution in [0.4, 0.5) is 0 Å². The van der Waals surface area contributed by atoms with Crippen molar-refractivity contribution in [2.24, 2.45) is 0 Å². The summed E-state index contributed by atoms with van der Waals surface area (Å²) in [5, 5.41) is 9.28. The second-order valence-corrected chi connectivity index (χ2v) is 2.97. The molecule has 1 heterocycles. The molecule has 1 N–H and O–H groups in total. The van der Waals surface area contributed by atoms with Gasteiger partial charge in [-0.05, 0) is 0 Å². The molecule has 1 rings (SSSR count). The molecule has 0 saturated carbocycles. The van der Waals surface area contributed by atoms with E-state index in [4.69, 9.17) is 14.2 Å². The van der Waals surface area contributed by atoms with Crippen LogP contribution < -0.4 is 0 Å². The number of carbonyl (C=O) groups excluding carboxylic acids is 1. The normalized spacial score (nSPS) is 34.2. The molecule has 1 aliphatic rings. The minimum absolute atomic E-state index is 0.118. The zero-order valence-corrected chi connectivity index (χ0v) is 7.73. The number of hydrogen-bond donors (Lipinski definition) is 1. The number of esters is 1. The van der Waals surface area contributed by atoms with E-state index in [2.05, 4.69) is 0 Å². The summed E-state index contributed by atoms with van der Waals surface area (Å²) in [6, 6.07) is 0. The lowest BCUT2D eigenvalue weighted by Gasteiger charge is -2.31. The van der Waals surface area contributed by atoms with Gasteiger partial charge < -0.3 is 19.3 Å². The third-order valence-corrected chi connectivity index (χ3v) is 1.92. The van der Waals surface area contributed by atoms with Gasteiger partial charge in [-0.1, -0.05) is 0 Å². The fraction of sp³-hybridized carbons (Fsp3) is 0.875. The maximum absolute atomic E-state index is 10.6. The Morgan fingerprint density at radius 1 is 1.62 bits per heavy atom. The van der Waals surface area contributed by atoms with Crippen molar-refractivity contribution in [1.29, 1.82) is 0 Å². The molecule has 0 aromatic rings. The van der Waals surface area contributed by atoms with Crippen molar-refractivity contribution in [3.05, 3.63) is 0 Å². The summed E-state index contributed by atoms with van der Waals surface area (Å²) in [6.07, 6.45) is -1.30. The van der Waals surface area contributed by atoms with Crippen LogP contribution in [0.25, 0.3) is 0 Å². The Bertz CT molecular complexity index is 181. The van der Waals surface area contributed by atoms with Crippen LogP contribution in [0.3, 0.4) is 0 Å². The topological polar surface area (TPSA) is 65.0 Å². The first kappa shape index (κ1) is 10.4. The zero-order chi connectivity index (χ0) is 9.84. The molecular formula is C8H14O5. The molecule has 0 aromatic carbocycles. The molecule has 1 aliphatic heterocycles. The second-order valence-electron chi connectivity index (χ2n) is 2.97. The summed E-state index contributed by atoms with van der Waals surface area (Å²) in [4.78, 5) is 10.6. The van der Waals surface area contributed by atoms with E-state index in [1.165, 1.54) is 6.92 Å². The van der Waals surface area contributed by atoms with Crippen molar-refractivity contribution >= 4 is 5.97 Å². The van der Waals surface area contributed by atoms with E-state index in [1.54, 1.807) is 7.11 Å². The van der Waals surface area contributed by atoms with Crippen LogP contribution in [0.1, 0.15) is 13.3 Å². The highest BCUT2D eigenvalue weighted by Gasteiger charge is 2.32. The molecule has 0 bridgehead atoms. The van der Waals surface area contributed by atoms with Gasteiger partial charge in [-0.15, -0.1) is 0 Å². The van der Waals surface area contributed by atoms with Gasteiger partial charge in [0.05, 0.1) is 12.7 Å². The Balaban J connectivity index is 2.44. The minimum Gasteiger partial charge on any atom is -0.457 e. The molecule has 1 saturated heterocycles. The van der Waals surface area contributed by atoms with Crippen LogP contribution in [0.2, 0.25) is 0 Å². The summed E-state index contributed by atoms with van der Waals surface area (Å²) >= 11 is 0. The lowest BCUT2D eigenvalue weighted by Crippen LogP contribution is -2.43. The van der Waals surface area contributed by atoms with Crippen LogP contribution in [0, 0.1) is 0 Å². The van der Waals surface area contributed by atoms with Gasteiger partial charge in [-0.25, -0.2) is 0 Å². The number of carbonyl (C=O) groups is 1. The quantitative estimate of drug-likeness (QED) is 0.604. The number of ether oxygens (including phenoxy) is 3. The van der Waals surface area contributed by atoms with Crippen LogP contribution in [-0.4, -0.2) is 43.3 Å². The lowest BCUT2D eigenvalue weighted by atomic mass is 10.1. The number of aliphatic hydroxyl groups is 1. The smallest absolute Gasteiger partial charge is 0.303 e. The molecular weight excluding hydrogens is 176 g/mol. The van der Waals surface area contributed by atoms with E-state index in [1.807, 2.05) is 0 Å². The van der Waals surface area contributed by atoms with Crippen LogP contribution in [0.15, 0.2) is 0 Å². The largest absolute Gasteiger partial charge is 0.457 e. The molecule has 0 amide bonds. The third kappa shape index (κ3) is 2.95. The maximum Gasteiger partial charge on any atom is 0.303 e.